The molecule has 4 rings (SSSR count). The number of hydrogen-bond acceptors (Lipinski definition) is 5. The zero-order valence-corrected chi connectivity index (χ0v) is 17.3. The Bertz CT molecular complexity index is 1040. The van der Waals surface area contributed by atoms with Crippen LogP contribution in [0, 0.1) is 13.8 Å². The number of nitrogens with zero attached hydrogens (tertiary/aromatic N) is 5. The molecule has 4 amide bonds. The maximum Gasteiger partial charge on any atom is 0.455 e. The van der Waals surface area contributed by atoms with Crippen molar-refractivity contribution in [2.75, 3.05) is 11.4 Å². The van der Waals surface area contributed by atoms with Crippen LogP contribution in [0.5, 0.6) is 0 Å². The Morgan fingerprint density at radius 1 is 1.13 bits per heavy atom. The zero-order chi connectivity index (χ0) is 21.3. The summed E-state index contributed by atoms with van der Waals surface area (Å²) in [4.78, 5) is 27.5. The minimum Gasteiger partial charge on any atom is -0.361 e. The zero-order valence-electron chi connectivity index (χ0n) is 17.3. The number of nitrogens with one attached hydrogen (secondary N) is 1. The van der Waals surface area contributed by atoms with Crippen molar-refractivity contribution in [1.82, 2.24) is 19.9 Å². The summed E-state index contributed by atoms with van der Waals surface area (Å²) in [5.41, 5.74) is 3.18. The Balaban J connectivity index is 1.58. The Morgan fingerprint density at radius 2 is 1.90 bits per heavy atom. The van der Waals surface area contributed by atoms with E-state index in [9.17, 15) is 9.59 Å². The molecule has 1 unspecified atom stereocenters. The molecule has 0 aliphatic carbocycles. The molecule has 156 valence electrons. The Morgan fingerprint density at radius 3 is 2.57 bits per heavy atom. The van der Waals surface area contributed by atoms with Crippen LogP contribution in [0.3, 0.4) is 0 Å². The molecule has 0 radical (unpaired) electrons. The van der Waals surface area contributed by atoms with E-state index >= 15 is 0 Å². The van der Waals surface area contributed by atoms with Gasteiger partial charge in [0.05, 0.1) is 30.7 Å². The molecule has 1 aromatic carbocycles. The second kappa shape index (κ2) is 8.11. The quantitative estimate of drug-likeness (QED) is 0.647. The lowest BCUT2D eigenvalue weighted by atomic mass is 10.2. The van der Waals surface area contributed by atoms with Crippen molar-refractivity contribution < 1.29 is 19.1 Å². The van der Waals surface area contributed by atoms with E-state index < -0.39 is 0 Å². The summed E-state index contributed by atoms with van der Waals surface area (Å²) in [6.45, 7) is 7.07. The predicted molar refractivity (Wildman–Crippen MR) is 109 cm³/mol. The van der Waals surface area contributed by atoms with E-state index in [1.807, 2.05) is 51.1 Å². The van der Waals surface area contributed by atoms with Gasteiger partial charge in [0.15, 0.2) is 0 Å². The van der Waals surface area contributed by atoms with Crippen LogP contribution >= 0.6 is 0 Å². The number of hydrogen-bond donors (Lipinski definition) is 1. The van der Waals surface area contributed by atoms with Gasteiger partial charge < -0.3 is 4.52 Å². The summed E-state index contributed by atoms with van der Waals surface area (Å²) in [6, 6.07) is 9.08. The van der Waals surface area contributed by atoms with Crippen molar-refractivity contribution in [3.05, 3.63) is 65.3 Å². The van der Waals surface area contributed by atoms with E-state index in [-0.39, 0.29) is 12.1 Å². The van der Waals surface area contributed by atoms with Crippen LogP contribution < -0.4 is 9.91 Å². The maximum atomic E-state index is 13.2. The van der Waals surface area contributed by atoms with Crippen LogP contribution in [0.25, 0.3) is 0 Å². The minimum absolute atomic E-state index is 0.297. The molecule has 1 aliphatic rings. The molecule has 0 bridgehead atoms. The maximum absolute atomic E-state index is 13.2. The molecule has 1 fully saturated rings. The fourth-order valence-corrected chi connectivity index (χ4v) is 3.65. The molecule has 9 heteroatoms. The van der Waals surface area contributed by atoms with E-state index in [4.69, 9.17) is 4.52 Å². The highest BCUT2D eigenvalue weighted by molar-refractivity contribution is 6.12. The summed E-state index contributed by atoms with van der Waals surface area (Å²) in [5, 5.41) is 10.4. The Kier molecular flexibility index (Phi) is 5.37. The van der Waals surface area contributed by atoms with Gasteiger partial charge in [-0.05, 0) is 20.3 Å². The smallest absolute Gasteiger partial charge is 0.361 e. The lowest BCUT2D eigenvalue weighted by Gasteiger charge is -2.19. The molecule has 1 aliphatic heterocycles. The van der Waals surface area contributed by atoms with Crippen LogP contribution in [0.4, 0.5) is 15.3 Å². The van der Waals surface area contributed by atoms with Gasteiger partial charge in [-0.2, -0.15) is 15.0 Å². The Hall–Kier alpha value is -3.46. The summed E-state index contributed by atoms with van der Waals surface area (Å²) in [7, 11) is 0. The highest BCUT2D eigenvalue weighted by Gasteiger charge is 2.49. The summed E-state index contributed by atoms with van der Waals surface area (Å²) in [5.74, 6) is 0.727. The number of imide groups is 1. The average molecular weight is 409 g/mol. The third-order valence-corrected chi connectivity index (χ3v) is 5.24. The first-order valence-electron chi connectivity index (χ1n) is 9.99. The fourth-order valence-electron chi connectivity index (χ4n) is 3.65. The van der Waals surface area contributed by atoms with Crippen LogP contribution in [0.2, 0.25) is 0 Å². The van der Waals surface area contributed by atoms with E-state index in [1.165, 1.54) is 4.90 Å². The van der Waals surface area contributed by atoms with E-state index in [2.05, 4.69) is 10.3 Å². The number of rotatable bonds is 7. The van der Waals surface area contributed by atoms with Gasteiger partial charge in [0, 0.05) is 17.3 Å². The predicted octanol–water partition coefficient (Wildman–Crippen LogP) is 2.31. The van der Waals surface area contributed by atoms with E-state index in [0.29, 0.717) is 30.3 Å². The standard InChI is InChI=1S/C21H24N6O3/c1-4-10-25-20(28)27(21(29)26(25)12-17-8-6-5-7-9-17)18-11-22-24(13-18)14-19-15(2)23-30-16(19)3/h5-9,11,13H,4,10,12,14H2,1-3H3/p+1. The fraction of sp³-hybridized carbons (Fsp3) is 0.333. The number of urea groups is 2. The van der Waals surface area contributed by atoms with Gasteiger partial charge >= 0.3 is 12.1 Å². The first-order valence-corrected chi connectivity index (χ1v) is 9.99. The summed E-state index contributed by atoms with van der Waals surface area (Å²) >= 11 is 0. The molecule has 0 spiro atoms. The molecule has 1 atom stereocenters. The molecule has 30 heavy (non-hydrogen) atoms. The van der Waals surface area contributed by atoms with Crippen molar-refractivity contribution in [1.29, 1.82) is 0 Å². The van der Waals surface area contributed by atoms with Crippen LogP contribution in [-0.4, -0.2) is 38.6 Å². The van der Waals surface area contributed by atoms with Crippen molar-refractivity contribution in [3.8, 4) is 0 Å². The van der Waals surface area contributed by atoms with Crippen LogP contribution in [-0.2, 0) is 13.1 Å². The second-order valence-electron chi connectivity index (χ2n) is 7.38. The number of aryl methyl sites for hydroxylation is 2. The number of carbonyl (C=O) groups is 2. The molecule has 3 aromatic rings. The third-order valence-electron chi connectivity index (χ3n) is 5.24. The molecule has 2 aromatic heterocycles. The number of quaternary nitrogens is 1. The van der Waals surface area contributed by atoms with Gasteiger partial charge in [-0.1, -0.05) is 42.4 Å². The van der Waals surface area contributed by atoms with E-state index in [0.717, 1.165) is 29.0 Å². The highest BCUT2D eigenvalue weighted by Crippen LogP contribution is 2.20. The van der Waals surface area contributed by atoms with Gasteiger partial charge in [-0.3, -0.25) is 4.68 Å². The van der Waals surface area contributed by atoms with Gasteiger partial charge in [0.1, 0.15) is 12.3 Å². The lowest BCUT2D eigenvalue weighted by Crippen LogP contribution is -3.17. The van der Waals surface area contributed by atoms with Gasteiger partial charge in [-0.25, -0.2) is 9.59 Å². The van der Waals surface area contributed by atoms with Crippen molar-refractivity contribution in [3.63, 3.8) is 0 Å². The van der Waals surface area contributed by atoms with Gasteiger partial charge in [-0.15, -0.1) is 5.01 Å². The topological polar surface area (TPSA) is 88.9 Å². The lowest BCUT2D eigenvalue weighted by molar-refractivity contribution is -0.933. The molecule has 9 nitrogen and oxygen atoms in total. The summed E-state index contributed by atoms with van der Waals surface area (Å²) in [6.07, 6.45) is 4.01. The van der Waals surface area contributed by atoms with Gasteiger partial charge in [0.2, 0.25) is 0 Å². The Labute approximate surface area is 174 Å². The minimum atomic E-state index is -0.329. The SMILES string of the molecule is CCCN1C(=O)N(c2cnn(Cc3c(C)noc3C)c2)C(=O)[NH+]1Cc1ccccc1. The van der Waals surface area contributed by atoms with Gasteiger partial charge in [0.25, 0.3) is 0 Å². The van der Waals surface area contributed by atoms with Crippen molar-refractivity contribution in [2.45, 2.75) is 40.3 Å². The highest BCUT2D eigenvalue weighted by atomic mass is 16.5. The van der Waals surface area contributed by atoms with E-state index in [1.54, 1.807) is 22.1 Å². The molecule has 1 N–H and O–H groups in total. The molecule has 0 saturated carbocycles. The molecule has 3 heterocycles. The first kappa shape index (κ1) is 19.8. The largest absolute Gasteiger partial charge is 0.455 e. The molecular formula is C21H25N6O3+. The number of anilines is 1. The second-order valence-corrected chi connectivity index (χ2v) is 7.38. The van der Waals surface area contributed by atoms with Crippen LogP contribution in [0.15, 0.2) is 47.2 Å². The summed E-state index contributed by atoms with van der Waals surface area (Å²) < 4.78 is 6.88. The first-order chi connectivity index (χ1) is 14.5. The number of aromatic nitrogens is 3. The number of benzene rings is 1. The third kappa shape index (κ3) is 3.59. The van der Waals surface area contributed by atoms with Crippen LogP contribution in [0.1, 0.15) is 35.9 Å². The molecule has 1 saturated heterocycles. The van der Waals surface area contributed by atoms with Crippen molar-refractivity contribution in [2.24, 2.45) is 0 Å². The number of carbonyl (C=O) groups excluding carboxylic acids is 2. The average Bonchev–Trinajstić information content (AvgIpc) is 3.38. The normalized spacial score (nSPS) is 16.7. The molecular weight excluding hydrogens is 384 g/mol. The number of amides is 4. The monoisotopic (exact) mass is 409 g/mol. The van der Waals surface area contributed by atoms with Crippen molar-refractivity contribution >= 4 is 17.7 Å².